The molecule has 0 amide bonds. The molecule has 0 spiro atoms. The fourth-order valence-corrected chi connectivity index (χ4v) is 2.98. The fraction of sp³-hybridized carbons (Fsp3) is 0. The smallest absolute Gasteiger partial charge is 0.185 e. The Hall–Kier alpha value is -2.83. The van der Waals surface area contributed by atoms with Crippen molar-refractivity contribution in [3.05, 3.63) is 87.0 Å². The van der Waals surface area contributed by atoms with Gasteiger partial charge in [0.1, 0.15) is 16.8 Å². The number of carbonyl (C=O) groups excluding carboxylic acids is 1. The quantitative estimate of drug-likeness (QED) is 0.206. The molecule has 0 radical (unpaired) electrons. The number of hydrogen-bond donors (Lipinski definition) is 1. The van der Waals surface area contributed by atoms with Crippen LogP contribution < -0.4 is 5.43 Å². The summed E-state index contributed by atoms with van der Waals surface area (Å²) in [5.41, 5.74) is 3.24. The van der Waals surface area contributed by atoms with Crippen molar-refractivity contribution >= 4 is 46.8 Å². The van der Waals surface area contributed by atoms with Gasteiger partial charge in [0, 0.05) is 15.3 Å². The topological polar surface area (TPSA) is 54.4 Å². The lowest BCUT2D eigenvalue weighted by Gasteiger charge is -1.97. The van der Waals surface area contributed by atoms with Gasteiger partial charge in [-0.2, -0.15) is 5.10 Å². The molecule has 0 unspecified atom stereocenters. The highest BCUT2D eigenvalue weighted by Crippen LogP contribution is 2.17. The van der Waals surface area contributed by atoms with E-state index in [4.69, 9.17) is 11.6 Å². The van der Waals surface area contributed by atoms with Crippen molar-refractivity contribution in [3.63, 3.8) is 0 Å². The van der Waals surface area contributed by atoms with Crippen LogP contribution in [-0.4, -0.2) is 17.0 Å². The van der Waals surface area contributed by atoms with E-state index >= 15 is 0 Å². The lowest BCUT2D eigenvalue weighted by atomic mass is 10.1. The lowest BCUT2D eigenvalue weighted by Crippen LogP contribution is -1.93. The van der Waals surface area contributed by atoms with Crippen LogP contribution in [0.4, 0.5) is 10.2 Å². The molecule has 3 rings (SSSR count). The molecule has 3 aromatic rings. The van der Waals surface area contributed by atoms with Crippen LogP contribution in [-0.2, 0) is 0 Å². The molecule has 26 heavy (non-hydrogen) atoms. The number of ketones is 1. The summed E-state index contributed by atoms with van der Waals surface area (Å²) in [6, 6.07) is 14.5. The standard InChI is InChI=1S/C19H13ClFN3OS/c20-18-2-1-3-19(23-18)24-22-12-16-9-8-15(26-16)10-11-17(25)13-4-6-14(21)7-5-13/h1-12H,(H,23,24). The first-order valence-electron chi connectivity index (χ1n) is 7.59. The first-order valence-corrected chi connectivity index (χ1v) is 8.79. The maximum absolute atomic E-state index is 12.9. The summed E-state index contributed by atoms with van der Waals surface area (Å²) >= 11 is 7.28. The number of hydrazone groups is 1. The van der Waals surface area contributed by atoms with Crippen LogP contribution in [0.3, 0.4) is 0 Å². The summed E-state index contributed by atoms with van der Waals surface area (Å²) < 4.78 is 12.9. The van der Waals surface area contributed by atoms with Gasteiger partial charge in [0.25, 0.3) is 0 Å². The molecule has 4 nitrogen and oxygen atoms in total. The number of hydrogen-bond acceptors (Lipinski definition) is 5. The van der Waals surface area contributed by atoms with Crippen LogP contribution >= 0.6 is 22.9 Å². The highest BCUT2D eigenvalue weighted by Gasteiger charge is 2.02. The van der Waals surface area contributed by atoms with Crippen molar-refractivity contribution < 1.29 is 9.18 Å². The Labute approximate surface area is 158 Å². The van der Waals surface area contributed by atoms with E-state index in [9.17, 15) is 9.18 Å². The van der Waals surface area contributed by atoms with Gasteiger partial charge in [-0.25, -0.2) is 9.37 Å². The van der Waals surface area contributed by atoms with E-state index in [1.165, 1.54) is 41.7 Å². The molecule has 2 aromatic heterocycles. The van der Waals surface area contributed by atoms with Crippen molar-refractivity contribution in [2.45, 2.75) is 0 Å². The van der Waals surface area contributed by atoms with Gasteiger partial charge in [0.05, 0.1) is 6.21 Å². The van der Waals surface area contributed by atoms with Gasteiger partial charge in [-0.15, -0.1) is 11.3 Å². The van der Waals surface area contributed by atoms with Crippen LogP contribution in [0.15, 0.2) is 65.8 Å². The average Bonchev–Trinajstić information content (AvgIpc) is 3.08. The van der Waals surface area contributed by atoms with Gasteiger partial charge in [-0.3, -0.25) is 10.2 Å². The van der Waals surface area contributed by atoms with Gasteiger partial charge in [0.2, 0.25) is 0 Å². The number of nitrogens with one attached hydrogen (secondary N) is 1. The van der Waals surface area contributed by atoms with E-state index in [1.807, 2.05) is 12.1 Å². The highest BCUT2D eigenvalue weighted by molar-refractivity contribution is 7.14. The van der Waals surface area contributed by atoms with Gasteiger partial charge in [-0.1, -0.05) is 17.7 Å². The number of rotatable bonds is 6. The number of halogens is 2. The van der Waals surface area contributed by atoms with E-state index in [1.54, 1.807) is 30.5 Å². The zero-order chi connectivity index (χ0) is 18.4. The van der Waals surface area contributed by atoms with Gasteiger partial charge in [-0.05, 0) is 60.7 Å². The molecule has 130 valence electrons. The van der Waals surface area contributed by atoms with Crippen LogP contribution in [0.5, 0.6) is 0 Å². The molecule has 0 bridgehead atoms. The molecule has 0 saturated heterocycles. The predicted molar refractivity (Wildman–Crippen MR) is 105 cm³/mol. The number of thiophene rings is 1. The summed E-state index contributed by atoms with van der Waals surface area (Å²) in [6.45, 7) is 0. The Bertz CT molecular complexity index is 967. The zero-order valence-corrected chi connectivity index (χ0v) is 15.0. The maximum atomic E-state index is 12.9. The van der Waals surface area contributed by atoms with E-state index in [0.29, 0.717) is 16.5 Å². The summed E-state index contributed by atoms with van der Waals surface area (Å²) in [7, 11) is 0. The molecule has 0 atom stereocenters. The number of pyridine rings is 1. The first-order chi connectivity index (χ1) is 12.6. The molecule has 0 fully saturated rings. The Morgan fingerprint density at radius 1 is 1.12 bits per heavy atom. The maximum Gasteiger partial charge on any atom is 0.185 e. The van der Waals surface area contributed by atoms with E-state index in [-0.39, 0.29) is 11.6 Å². The third kappa shape index (κ3) is 5.08. The van der Waals surface area contributed by atoms with Crippen molar-refractivity contribution in [1.82, 2.24) is 4.98 Å². The Morgan fingerprint density at radius 3 is 2.65 bits per heavy atom. The van der Waals surface area contributed by atoms with Crippen molar-refractivity contribution in [2.24, 2.45) is 5.10 Å². The molecular formula is C19H13ClFN3OS. The number of aromatic nitrogens is 1. The lowest BCUT2D eigenvalue weighted by molar-refractivity contribution is 0.104. The Morgan fingerprint density at radius 2 is 1.88 bits per heavy atom. The fourth-order valence-electron chi connectivity index (χ4n) is 2.03. The van der Waals surface area contributed by atoms with E-state index in [0.717, 1.165) is 9.75 Å². The summed E-state index contributed by atoms with van der Waals surface area (Å²) in [5, 5.41) is 4.49. The summed E-state index contributed by atoms with van der Waals surface area (Å²) in [6.07, 6.45) is 4.85. The van der Waals surface area contributed by atoms with Gasteiger partial charge in [0.15, 0.2) is 5.78 Å². The number of benzene rings is 1. The third-order valence-corrected chi connectivity index (χ3v) is 4.46. The average molecular weight is 386 g/mol. The first kappa shape index (κ1) is 18.0. The molecule has 0 saturated carbocycles. The molecule has 2 heterocycles. The van der Waals surface area contributed by atoms with Crippen LogP contribution in [0.25, 0.3) is 6.08 Å². The number of carbonyl (C=O) groups is 1. The minimum atomic E-state index is -0.366. The monoisotopic (exact) mass is 385 g/mol. The van der Waals surface area contributed by atoms with Crippen molar-refractivity contribution in [3.8, 4) is 0 Å². The van der Waals surface area contributed by atoms with E-state index < -0.39 is 0 Å². The highest BCUT2D eigenvalue weighted by atomic mass is 35.5. The van der Waals surface area contributed by atoms with Gasteiger partial charge >= 0.3 is 0 Å². The number of nitrogens with zero attached hydrogens (tertiary/aromatic N) is 2. The van der Waals surface area contributed by atoms with Crippen molar-refractivity contribution in [2.75, 3.05) is 5.43 Å². The third-order valence-electron chi connectivity index (χ3n) is 3.26. The summed E-state index contributed by atoms with van der Waals surface area (Å²) in [5.74, 6) is 0.00642. The zero-order valence-electron chi connectivity index (χ0n) is 13.4. The normalized spacial score (nSPS) is 11.3. The predicted octanol–water partition coefficient (Wildman–Crippen LogP) is 5.28. The second kappa shape index (κ2) is 8.51. The SMILES string of the molecule is O=C(C=Cc1ccc(C=NNc2cccc(Cl)n2)s1)c1ccc(F)cc1. The molecule has 0 aliphatic carbocycles. The summed E-state index contributed by atoms with van der Waals surface area (Å²) in [4.78, 5) is 17.9. The molecule has 1 N–H and O–H groups in total. The molecule has 0 aliphatic heterocycles. The molecule has 1 aromatic carbocycles. The van der Waals surface area contributed by atoms with Gasteiger partial charge < -0.3 is 0 Å². The minimum Gasteiger partial charge on any atom is -0.289 e. The Balaban J connectivity index is 1.59. The molecular weight excluding hydrogens is 373 g/mol. The van der Waals surface area contributed by atoms with Crippen molar-refractivity contribution in [1.29, 1.82) is 0 Å². The minimum absolute atomic E-state index is 0.178. The Kier molecular flexibility index (Phi) is 5.88. The second-order valence-corrected chi connectivity index (χ2v) is 6.69. The number of anilines is 1. The largest absolute Gasteiger partial charge is 0.289 e. The van der Waals surface area contributed by atoms with Crippen LogP contribution in [0.2, 0.25) is 5.15 Å². The molecule has 7 heteroatoms. The second-order valence-electron chi connectivity index (χ2n) is 5.16. The van der Waals surface area contributed by atoms with E-state index in [2.05, 4.69) is 15.5 Å². The van der Waals surface area contributed by atoms with Crippen LogP contribution in [0.1, 0.15) is 20.1 Å². The van der Waals surface area contributed by atoms with Crippen LogP contribution in [0, 0.1) is 5.82 Å². The number of allylic oxidation sites excluding steroid dienone is 1. The molecule has 0 aliphatic rings.